The van der Waals surface area contributed by atoms with Crippen LogP contribution in [0.5, 0.6) is 5.75 Å². The minimum Gasteiger partial charge on any atom is -0.490 e. The minimum atomic E-state index is -0.323. The second-order valence-electron chi connectivity index (χ2n) is 8.15. The number of carbonyl (C=O) groups excluding carboxylic acids is 2. The van der Waals surface area contributed by atoms with Gasteiger partial charge in [0.1, 0.15) is 0 Å². The van der Waals surface area contributed by atoms with E-state index in [0.29, 0.717) is 37.8 Å². The summed E-state index contributed by atoms with van der Waals surface area (Å²) in [7, 11) is 0. The highest BCUT2D eigenvalue weighted by molar-refractivity contribution is 7.97. The molecule has 0 radical (unpaired) electrons. The summed E-state index contributed by atoms with van der Waals surface area (Å²) in [4.78, 5) is 24.4. The first-order valence-electron chi connectivity index (χ1n) is 11.1. The summed E-state index contributed by atoms with van der Waals surface area (Å²) in [6.45, 7) is 3.62. The van der Waals surface area contributed by atoms with E-state index in [1.54, 1.807) is 29.0 Å². The number of urea groups is 1. The van der Waals surface area contributed by atoms with E-state index in [9.17, 15) is 14.0 Å². The Morgan fingerprint density at radius 3 is 2.90 bits per heavy atom. The van der Waals surface area contributed by atoms with Crippen molar-refractivity contribution in [2.24, 2.45) is 5.92 Å². The summed E-state index contributed by atoms with van der Waals surface area (Å²) in [6, 6.07) is 4.82. The molecule has 1 aliphatic heterocycles. The number of allylic oxidation sites excluding steroid dienone is 1. The third-order valence-corrected chi connectivity index (χ3v) is 6.65. The summed E-state index contributed by atoms with van der Waals surface area (Å²) in [5.41, 5.74) is 0.997. The van der Waals surface area contributed by atoms with Crippen LogP contribution in [0, 0.1) is 11.7 Å². The number of hydrogen-bond acceptors (Lipinski definition) is 5. The maximum atomic E-state index is 14.1. The number of nitrogens with zero attached hydrogens (tertiary/aromatic N) is 1. The van der Waals surface area contributed by atoms with E-state index in [1.807, 2.05) is 19.1 Å². The van der Waals surface area contributed by atoms with Gasteiger partial charge in [0.2, 0.25) is 5.91 Å². The van der Waals surface area contributed by atoms with Gasteiger partial charge in [-0.15, -0.1) is 0 Å². The van der Waals surface area contributed by atoms with E-state index in [1.165, 1.54) is 31.7 Å². The van der Waals surface area contributed by atoms with Crippen LogP contribution < -0.4 is 14.8 Å². The molecule has 0 bridgehead atoms. The van der Waals surface area contributed by atoms with E-state index >= 15 is 0 Å². The van der Waals surface area contributed by atoms with Gasteiger partial charge in [0, 0.05) is 31.3 Å². The van der Waals surface area contributed by atoms with Crippen LogP contribution in [0.3, 0.4) is 0 Å². The van der Waals surface area contributed by atoms with Crippen LogP contribution in [0.2, 0.25) is 0 Å². The van der Waals surface area contributed by atoms with E-state index in [-0.39, 0.29) is 23.8 Å². The van der Waals surface area contributed by atoms with Gasteiger partial charge in [-0.25, -0.2) is 9.18 Å². The average molecular weight is 450 g/mol. The van der Waals surface area contributed by atoms with Gasteiger partial charge in [0.15, 0.2) is 11.6 Å². The molecule has 3 rings (SSSR count). The van der Waals surface area contributed by atoms with Crippen LogP contribution in [0.25, 0.3) is 0 Å². The fraction of sp³-hybridized carbons (Fsp3) is 0.565. The van der Waals surface area contributed by atoms with Crippen LogP contribution in [0.15, 0.2) is 30.4 Å². The first kappa shape index (κ1) is 23.6. The van der Waals surface area contributed by atoms with E-state index in [4.69, 9.17) is 4.74 Å². The summed E-state index contributed by atoms with van der Waals surface area (Å²) in [5, 5.41) is 2.32. The zero-order valence-electron chi connectivity index (χ0n) is 18.1. The Labute approximate surface area is 188 Å². The molecule has 1 saturated carbocycles. The predicted octanol–water partition coefficient (Wildman–Crippen LogP) is 4.58. The van der Waals surface area contributed by atoms with Gasteiger partial charge < -0.3 is 9.64 Å². The molecular weight excluding hydrogens is 417 g/mol. The molecule has 1 aliphatic carbocycles. The first-order valence-corrected chi connectivity index (χ1v) is 12.0. The Balaban J connectivity index is 1.34. The van der Waals surface area contributed by atoms with Crippen LogP contribution in [-0.4, -0.2) is 42.3 Å². The largest absolute Gasteiger partial charge is 0.490 e. The predicted molar refractivity (Wildman–Crippen MR) is 121 cm³/mol. The zero-order chi connectivity index (χ0) is 22.1. The lowest BCUT2D eigenvalue weighted by Crippen LogP contribution is -2.49. The molecular formula is C23H32FN3O3S. The molecule has 0 spiro atoms. The molecule has 3 amide bonds. The molecule has 31 heavy (non-hydrogen) atoms. The molecule has 2 fully saturated rings. The highest BCUT2D eigenvalue weighted by Gasteiger charge is 2.21. The smallest absolute Gasteiger partial charge is 0.324 e. The fourth-order valence-electron chi connectivity index (χ4n) is 3.76. The minimum absolute atomic E-state index is 0.0676. The van der Waals surface area contributed by atoms with E-state index < -0.39 is 0 Å². The van der Waals surface area contributed by atoms with Crippen molar-refractivity contribution in [1.29, 1.82) is 0 Å². The number of rotatable bonds is 11. The zero-order valence-corrected chi connectivity index (χ0v) is 18.9. The van der Waals surface area contributed by atoms with Crippen LogP contribution >= 0.6 is 11.9 Å². The van der Waals surface area contributed by atoms with E-state index in [2.05, 4.69) is 10.0 Å². The van der Waals surface area contributed by atoms with Crippen molar-refractivity contribution in [2.45, 2.75) is 51.5 Å². The Hall–Kier alpha value is -2.06. The van der Waals surface area contributed by atoms with Gasteiger partial charge in [-0.3, -0.25) is 14.8 Å². The second kappa shape index (κ2) is 12.1. The molecule has 1 saturated heterocycles. The number of carbonyl (C=O) groups is 2. The molecule has 1 heterocycles. The first-order chi connectivity index (χ1) is 15.0. The molecule has 170 valence electrons. The summed E-state index contributed by atoms with van der Waals surface area (Å²) in [6.07, 6.45) is 10.1. The van der Waals surface area contributed by atoms with Crippen molar-refractivity contribution in [3.8, 4) is 5.75 Å². The van der Waals surface area contributed by atoms with Gasteiger partial charge >= 0.3 is 6.03 Å². The lowest BCUT2D eigenvalue weighted by Gasteiger charge is -2.25. The van der Waals surface area contributed by atoms with E-state index in [0.717, 1.165) is 17.7 Å². The highest BCUT2D eigenvalue weighted by atomic mass is 32.2. The maximum Gasteiger partial charge on any atom is 0.324 e. The number of nitrogens with one attached hydrogen (secondary N) is 2. The third-order valence-electron chi connectivity index (χ3n) is 5.69. The maximum absolute atomic E-state index is 14.1. The van der Waals surface area contributed by atoms with Gasteiger partial charge in [0.05, 0.1) is 6.61 Å². The number of benzene rings is 1. The summed E-state index contributed by atoms with van der Waals surface area (Å²) >= 11 is 1.61. The second-order valence-corrected chi connectivity index (χ2v) is 9.08. The molecule has 2 N–H and O–H groups in total. The molecule has 6 nitrogen and oxygen atoms in total. The fourth-order valence-corrected chi connectivity index (χ4v) is 4.51. The molecule has 1 atom stereocenters. The molecule has 8 heteroatoms. The van der Waals surface area contributed by atoms with Gasteiger partial charge in [0.25, 0.3) is 0 Å². The normalized spacial score (nSPS) is 18.6. The molecule has 0 aromatic heterocycles. The van der Waals surface area contributed by atoms with Crippen molar-refractivity contribution in [3.05, 3.63) is 41.7 Å². The Kier molecular flexibility index (Phi) is 9.21. The van der Waals surface area contributed by atoms with Crippen molar-refractivity contribution < 1.29 is 18.7 Å². The lowest BCUT2D eigenvalue weighted by atomic mass is 10.1. The van der Waals surface area contributed by atoms with Crippen molar-refractivity contribution in [1.82, 2.24) is 14.9 Å². The molecule has 1 aromatic carbocycles. The quantitative estimate of drug-likeness (QED) is 0.294. The molecule has 1 unspecified atom stereocenters. The average Bonchev–Trinajstić information content (AvgIpc) is 3.27. The third kappa shape index (κ3) is 7.54. The number of imide groups is 1. The lowest BCUT2D eigenvalue weighted by molar-refractivity contribution is -0.121. The van der Waals surface area contributed by atoms with Crippen molar-refractivity contribution in [3.63, 3.8) is 0 Å². The Morgan fingerprint density at radius 2 is 2.13 bits per heavy atom. The number of halogens is 1. The Morgan fingerprint density at radius 1 is 1.32 bits per heavy atom. The summed E-state index contributed by atoms with van der Waals surface area (Å²) < 4.78 is 23.3. The van der Waals surface area contributed by atoms with Crippen molar-refractivity contribution in [2.75, 3.05) is 25.4 Å². The van der Waals surface area contributed by atoms with Crippen LogP contribution in [0.4, 0.5) is 9.18 Å². The van der Waals surface area contributed by atoms with Gasteiger partial charge in [-0.05, 0) is 49.8 Å². The molecule has 1 aromatic rings. The topological polar surface area (TPSA) is 70.7 Å². The number of ether oxygens (including phenoxy) is 1. The number of amides is 3. The standard InChI is InChI=1S/C23H32FN3O3S/c1-17(19-9-10-20(24)21(15-19)30-16-18-7-3-4-8-18)26-31-14-6-2-5-12-27-13-11-22(28)25-23(27)29/h2,5,9-10,15,17-18,26H,3-4,6-8,11-14,16H2,1H3,(H,25,28,29)/b5-2+. The van der Waals surface area contributed by atoms with Gasteiger partial charge in [-0.1, -0.05) is 43.0 Å². The van der Waals surface area contributed by atoms with Crippen LogP contribution in [0.1, 0.15) is 57.1 Å². The Bertz CT molecular complexity index is 783. The number of hydrogen-bond donors (Lipinski definition) is 2. The van der Waals surface area contributed by atoms with Gasteiger partial charge in [-0.2, -0.15) is 0 Å². The van der Waals surface area contributed by atoms with Crippen molar-refractivity contribution >= 4 is 23.9 Å². The highest BCUT2D eigenvalue weighted by Crippen LogP contribution is 2.28. The molecule has 2 aliphatic rings. The monoisotopic (exact) mass is 449 g/mol. The SMILES string of the molecule is CC(NSCC/C=C/CN1CCC(=O)NC1=O)c1ccc(F)c(OCC2CCCC2)c1. The summed E-state index contributed by atoms with van der Waals surface area (Å²) in [5.74, 6) is 1.25. The van der Waals surface area contributed by atoms with Crippen LogP contribution in [-0.2, 0) is 4.79 Å².